The molecule has 0 radical (unpaired) electrons. The van der Waals surface area contributed by atoms with Gasteiger partial charge in [-0.15, -0.1) is 0 Å². The van der Waals surface area contributed by atoms with E-state index in [9.17, 15) is 19.3 Å². The summed E-state index contributed by atoms with van der Waals surface area (Å²) in [5.74, 6) is -0.683. The first kappa shape index (κ1) is 18.0. The van der Waals surface area contributed by atoms with Gasteiger partial charge in [0.05, 0.1) is 4.92 Å². The minimum atomic E-state index is -0.607. The molecule has 132 valence electrons. The smallest absolute Gasteiger partial charge is 0.410 e. The van der Waals surface area contributed by atoms with E-state index in [2.05, 4.69) is 0 Å². The second kappa shape index (κ2) is 7.02. The molecule has 1 aromatic carbocycles. The summed E-state index contributed by atoms with van der Waals surface area (Å²) < 4.78 is 24.2. The zero-order chi connectivity index (χ0) is 17.9. The molecule has 0 spiro atoms. The molecule has 0 N–H and O–H groups in total. The second-order valence-corrected chi connectivity index (χ2v) is 6.65. The van der Waals surface area contributed by atoms with Crippen LogP contribution in [0.25, 0.3) is 0 Å². The van der Waals surface area contributed by atoms with E-state index in [1.54, 1.807) is 25.7 Å². The van der Waals surface area contributed by atoms with Gasteiger partial charge in [-0.2, -0.15) is 0 Å². The number of likely N-dealkylation sites (tertiary alicyclic amines) is 1. The topological polar surface area (TPSA) is 81.9 Å². The molecule has 0 saturated carbocycles. The lowest BCUT2D eigenvalue weighted by atomic mass is 10.1. The lowest BCUT2D eigenvalue weighted by Gasteiger charge is -2.33. The van der Waals surface area contributed by atoms with E-state index < -0.39 is 22.4 Å². The maximum Gasteiger partial charge on any atom is 0.410 e. The zero-order valence-electron chi connectivity index (χ0n) is 14.0. The summed E-state index contributed by atoms with van der Waals surface area (Å²) in [4.78, 5) is 23.9. The van der Waals surface area contributed by atoms with Crippen molar-refractivity contribution in [1.82, 2.24) is 4.90 Å². The van der Waals surface area contributed by atoms with Gasteiger partial charge in [-0.05, 0) is 26.8 Å². The van der Waals surface area contributed by atoms with Crippen LogP contribution in [-0.2, 0) is 4.74 Å². The number of piperidine rings is 1. The van der Waals surface area contributed by atoms with Gasteiger partial charge in [-0.1, -0.05) is 0 Å². The van der Waals surface area contributed by atoms with Crippen LogP contribution in [-0.4, -0.2) is 40.7 Å². The molecule has 1 amide bonds. The zero-order valence-corrected chi connectivity index (χ0v) is 14.0. The van der Waals surface area contributed by atoms with Crippen LogP contribution in [0.2, 0.25) is 0 Å². The lowest BCUT2D eigenvalue weighted by Crippen LogP contribution is -2.44. The fraction of sp³-hybridized carbons (Fsp3) is 0.562. The Morgan fingerprint density at radius 3 is 2.50 bits per heavy atom. The van der Waals surface area contributed by atoms with Crippen LogP contribution in [0.4, 0.5) is 14.9 Å². The Kier molecular flexibility index (Phi) is 5.26. The summed E-state index contributed by atoms with van der Waals surface area (Å²) in [6.45, 7) is 6.23. The van der Waals surface area contributed by atoms with Gasteiger partial charge in [0.25, 0.3) is 0 Å². The lowest BCUT2D eigenvalue weighted by molar-refractivity contribution is -0.386. The van der Waals surface area contributed by atoms with E-state index in [0.29, 0.717) is 25.9 Å². The highest BCUT2D eigenvalue weighted by Crippen LogP contribution is 2.30. The summed E-state index contributed by atoms with van der Waals surface area (Å²) in [6.07, 6.45) is 0.279. The van der Waals surface area contributed by atoms with Gasteiger partial charge in [-0.3, -0.25) is 10.1 Å². The number of hydrogen-bond donors (Lipinski definition) is 0. The third-order valence-electron chi connectivity index (χ3n) is 3.51. The predicted molar refractivity (Wildman–Crippen MR) is 84.5 cm³/mol. The molecular weight excluding hydrogens is 319 g/mol. The molecule has 1 fully saturated rings. The first-order valence-electron chi connectivity index (χ1n) is 7.74. The molecule has 0 bridgehead atoms. The van der Waals surface area contributed by atoms with Crippen LogP contribution in [0.5, 0.6) is 5.75 Å². The summed E-state index contributed by atoms with van der Waals surface area (Å²) in [5, 5.41) is 11.0. The molecule has 1 aliphatic heterocycles. The normalized spacial score (nSPS) is 15.9. The Bertz CT molecular complexity index is 621. The number of ether oxygens (including phenoxy) is 2. The van der Waals surface area contributed by atoms with Crippen molar-refractivity contribution in [3.8, 4) is 5.75 Å². The van der Waals surface area contributed by atoms with Gasteiger partial charge in [0.1, 0.15) is 17.5 Å². The van der Waals surface area contributed by atoms with Crippen LogP contribution >= 0.6 is 0 Å². The average molecular weight is 340 g/mol. The SMILES string of the molecule is CC(C)(C)OC(=O)N1CCC(Oc2cc(F)ccc2[N+](=O)[O-])CC1. The first-order chi connectivity index (χ1) is 11.2. The highest BCUT2D eigenvalue weighted by atomic mass is 19.1. The fourth-order valence-electron chi connectivity index (χ4n) is 2.40. The molecule has 1 aliphatic rings. The second-order valence-electron chi connectivity index (χ2n) is 6.65. The standard InChI is InChI=1S/C16H21FN2O5/c1-16(2,3)24-15(20)18-8-6-12(7-9-18)23-14-10-11(17)4-5-13(14)19(21)22/h4-5,10,12H,6-9H2,1-3H3. The van der Waals surface area contributed by atoms with Crippen LogP contribution in [0.1, 0.15) is 33.6 Å². The molecule has 0 atom stereocenters. The van der Waals surface area contributed by atoms with Crippen LogP contribution in [0.3, 0.4) is 0 Å². The first-order valence-corrected chi connectivity index (χ1v) is 7.74. The van der Waals surface area contributed by atoms with Gasteiger partial charge >= 0.3 is 11.8 Å². The van der Waals surface area contributed by atoms with Crippen LogP contribution in [0.15, 0.2) is 18.2 Å². The maximum absolute atomic E-state index is 13.3. The number of halogens is 1. The highest BCUT2D eigenvalue weighted by molar-refractivity contribution is 5.68. The molecule has 24 heavy (non-hydrogen) atoms. The Hall–Kier alpha value is -2.38. The predicted octanol–water partition coefficient (Wildman–Crippen LogP) is 3.51. The van der Waals surface area contributed by atoms with Crippen molar-refractivity contribution >= 4 is 11.8 Å². The third kappa shape index (κ3) is 4.81. The number of nitro benzene ring substituents is 1. The minimum absolute atomic E-state index is 0.0873. The van der Waals surface area contributed by atoms with Gasteiger partial charge < -0.3 is 14.4 Å². The van der Waals surface area contributed by atoms with E-state index in [0.717, 1.165) is 18.2 Å². The third-order valence-corrected chi connectivity index (χ3v) is 3.51. The van der Waals surface area contributed by atoms with Crippen LogP contribution < -0.4 is 4.74 Å². The van der Waals surface area contributed by atoms with Crippen LogP contribution in [0, 0.1) is 15.9 Å². The Balaban J connectivity index is 1.95. The van der Waals surface area contributed by atoms with Gasteiger partial charge in [0.2, 0.25) is 0 Å². The number of carbonyl (C=O) groups is 1. The number of carbonyl (C=O) groups excluding carboxylic acids is 1. The number of hydrogen-bond acceptors (Lipinski definition) is 5. The van der Waals surface area contributed by atoms with Crippen molar-refractivity contribution < 1.29 is 23.6 Å². The van der Waals surface area contributed by atoms with Gasteiger partial charge in [0.15, 0.2) is 5.75 Å². The Morgan fingerprint density at radius 1 is 1.33 bits per heavy atom. The molecule has 2 rings (SSSR count). The minimum Gasteiger partial charge on any atom is -0.483 e. The van der Waals surface area contributed by atoms with Gasteiger partial charge in [-0.25, -0.2) is 9.18 Å². The average Bonchev–Trinajstić information content (AvgIpc) is 2.46. The molecule has 7 nitrogen and oxygen atoms in total. The summed E-state index contributed by atoms with van der Waals surface area (Å²) >= 11 is 0. The molecule has 0 aliphatic carbocycles. The van der Waals surface area contributed by atoms with Gasteiger partial charge in [0, 0.05) is 38.1 Å². The number of benzene rings is 1. The Labute approximate surface area is 139 Å². The Morgan fingerprint density at radius 2 is 1.96 bits per heavy atom. The van der Waals surface area contributed by atoms with Crippen molar-refractivity contribution in [2.24, 2.45) is 0 Å². The molecule has 0 unspecified atom stereocenters. The number of nitrogens with zero attached hydrogens (tertiary/aromatic N) is 2. The van der Waals surface area contributed by atoms with Crippen molar-refractivity contribution in [3.63, 3.8) is 0 Å². The number of nitro groups is 1. The summed E-state index contributed by atoms with van der Waals surface area (Å²) in [7, 11) is 0. The monoisotopic (exact) mass is 340 g/mol. The fourth-order valence-corrected chi connectivity index (χ4v) is 2.40. The largest absolute Gasteiger partial charge is 0.483 e. The summed E-state index contributed by atoms with van der Waals surface area (Å²) in [6, 6.07) is 3.12. The number of amides is 1. The van der Waals surface area contributed by atoms with Crippen molar-refractivity contribution in [2.45, 2.75) is 45.3 Å². The highest BCUT2D eigenvalue weighted by Gasteiger charge is 2.29. The number of rotatable bonds is 3. The molecule has 0 aromatic heterocycles. The van der Waals surface area contributed by atoms with E-state index in [4.69, 9.17) is 9.47 Å². The quantitative estimate of drug-likeness (QED) is 0.621. The molecule has 1 heterocycles. The van der Waals surface area contributed by atoms with E-state index >= 15 is 0 Å². The van der Waals surface area contributed by atoms with E-state index in [-0.39, 0.29) is 17.5 Å². The van der Waals surface area contributed by atoms with Crippen molar-refractivity contribution in [3.05, 3.63) is 34.1 Å². The molecule has 1 aromatic rings. The summed E-state index contributed by atoms with van der Waals surface area (Å²) in [5.41, 5.74) is -0.835. The molecular formula is C16H21FN2O5. The van der Waals surface area contributed by atoms with Crippen molar-refractivity contribution in [1.29, 1.82) is 0 Å². The van der Waals surface area contributed by atoms with Crippen molar-refractivity contribution in [2.75, 3.05) is 13.1 Å². The maximum atomic E-state index is 13.3. The van der Waals surface area contributed by atoms with E-state index in [1.807, 2.05) is 0 Å². The molecule has 1 saturated heterocycles. The molecule has 8 heteroatoms. The van der Waals surface area contributed by atoms with E-state index in [1.165, 1.54) is 0 Å².